The number of aryl methyl sites for hydroxylation is 1. The van der Waals surface area contributed by atoms with Gasteiger partial charge < -0.3 is 5.32 Å². The molecule has 0 aliphatic carbocycles. The van der Waals surface area contributed by atoms with E-state index in [1.165, 1.54) is 33.8 Å². The molecule has 1 aromatic rings. The maximum Gasteiger partial charge on any atom is 0.281 e. The van der Waals surface area contributed by atoms with Crippen molar-refractivity contribution in [3.63, 3.8) is 0 Å². The second-order valence-electron chi connectivity index (χ2n) is 6.76. The number of rotatable bonds is 8. The zero-order chi connectivity index (χ0) is 19.2. The first-order valence-electron chi connectivity index (χ1n) is 8.90. The predicted molar refractivity (Wildman–Crippen MR) is 107 cm³/mol. The number of benzene rings is 1. The number of nitrogens with zero attached hydrogens (tertiary/aromatic N) is 2. The smallest absolute Gasteiger partial charge is 0.281 e. The minimum atomic E-state index is -3.45. The van der Waals surface area contributed by atoms with Crippen LogP contribution in [0.4, 0.5) is 0 Å². The number of nitrogens with one attached hydrogen (secondary N) is 1. The lowest BCUT2D eigenvalue weighted by molar-refractivity contribution is -0.125. The van der Waals surface area contributed by atoms with E-state index >= 15 is 0 Å². The van der Waals surface area contributed by atoms with Crippen LogP contribution in [0.5, 0.6) is 0 Å². The fourth-order valence-corrected chi connectivity index (χ4v) is 5.07. The molecule has 146 valence electrons. The summed E-state index contributed by atoms with van der Waals surface area (Å²) in [6, 6.07) is 8.31. The van der Waals surface area contributed by atoms with Gasteiger partial charge in [0.2, 0.25) is 5.91 Å². The average Bonchev–Trinajstić information content (AvgIpc) is 2.62. The third-order valence-corrected chi connectivity index (χ3v) is 7.52. The summed E-state index contributed by atoms with van der Waals surface area (Å²) in [5.74, 6) is 1.47. The van der Waals surface area contributed by atoms with Gasteiger partial charge in [-0.15, -0.1) is 0 Å². The van der Waals surface area contributed by atoms with Crippen molar-refractivity contribution >= 4 is 27.9 Å². The van der Waals surface area contributed by atoms with Crippen molar-refractivity contribution in [2.75, 3.05) is 39.5 Å². The van der Waals surface area contributed by atoms with Crippen LogP contribution in [-0.4, -0.2) is 62.4 Å². The average molecular weight is 400 g/mol. The molecule has 0 saturated carbocycles. The lowest BCUT2D eigenvalue weighted by Crippen LogP contribution is -2.49. The third-order valence-electron chi connectivity index (χ3n) is 4.61. The molecule has 1 heterocycles. The highest BCUT2D eigenvalue weighted by atomic mass is 32.2. The van der Waals surface area contributed by atoms with Crippen LogP contribution in [0.2, 0.25) is 0 Å². The van der Waals surface area contributed by atoms with Crippen molar-refractivity contribution in [2.24, 2.45) is 5.92 Å². The van der Waals surface area contributed by atoms with E-state index in [1.807, 2.05) is 12.1 Å². The Morgan fingerprint density at radius 3 is 2.77 bits per heavy atom. The molecule has 1 atom stereocenters. The quantitative estimate of drug-likeness (QED) is 0.678. The second-order valence-corrected chi connectivity index (χ2v) is 10.0. The zero-order valence-electron chi connectivity index (χ0n) is 15.8. The largest absolute Gasteiger partial charge is 0.355 e. The minimum Gasteiger partial charge on any atom is -0.355 e. The van der Waals surface area contributed by atoms with Crippen LogP contribution >= 0.6 is 11.8 Å². The van der Waals surface area contributed by atoms with Gasteiger partial charge in [-0.3, -0.25) is 4.79 Å². The summed E-state index contributed by atoms with van der Waals surface area (Å²) in [5.41, 5.74) is 2.61. The molecular formula is C18H29N3O3S2. The molecule has 0 spiro atoms. The summed E-state index contributed by atoms with van der Waals surface area (Å²) < 4.78 is 27.1. The highest BCUT2D eigenvalue weighted by molar-refractivity contribution is 7.98. The van der Waals surface area contributed by atoms with Gasteiger partial charge in [-0.1, -0.05) is 24.3 Å². The number of thioether (sulfide) groups is 1. The molecule has 1 aromatic carbocycles. The molecule has 1 aliphatic rings. The summed E-state index contributed by atoms with van der Waals surface area (Å²) in [7, 11) is -0.411. The first kappa shape index (κ1) is 21.2. The first-order chi connectivity index (χ1) is 12.3. The van der Waals surface area contributed by atoms with Gasteiger partial charge in [0, 0.05) is 45.2 Å². The van der Waals surface area contributed by atoms with E-state index in [1.54, 1.807) is 11.8 Å². The van der Waals surface area contributed by atoms with Crippen molar-refractivity contribution in [3.8, 4) is 0 Å². The minimum absolute atomic E-state index is 0.0415. The fourth-order valence-electron chi connectivity index (χ4n) is 2.94. The van der Waals surface area contributed by atoms with Crippen LogP contribution in [0, 0.1) is 12.8 Å². The number of amides is 1. The van der Waals surface area contributed by atoms with E-state index in [2.05, 4.69) is 24.4 Å². The van der Waals surface area contributed by atoms with Gasteiger partial charge in [0.1, 0.15) is 0 Å². The first-order valence-corrected chi connectivity index (χ1v) is 11.4. The number of piperidine rings is 1. The van der Waals surface area contributed by atoms with E-state index in [4.69, 9.17) is 0 Å². The molecule has 0 aromatic heterocycles. The van der Waals surface area contributed by atoms with Crippen molar-refractivity contribution < 1.29 is 13.2 Å². The zero-order valence-corrected chi connectivity index (χ0v) is 17.4. The highest BCUT2D eigenvalue weighted by Crippen LogP contribution is 2.20. The number of hydrogen-bond acceptors (Lipinski definition) is 4. The Bertz CT molecular complexity index is 707. The second kappa shape index (κ2) is 9.73. The van der Waals surface area contributed by atoms with Gasteiger partial charge in [0.05, 0.1) is 5.92 Å². The van der Waals surface area contributed by atoms with Crippen LogP contribution < -0.4 is 5.32 Å². The summed E-state index contributed by atoms with van der Waals surface area (Å²) in [6.45, 7) is 3.46. The monoisotopic (exact) mass is 399 g/mol. The fraction of sp³-hybridized carbons (Fsp3) is 0.611. The summed E-state index contributed by atoms with van der Waals surface area (Å²) >= 11 is 1.79. The van der Waals surface area contributed by atoms with Gasteiger partial charge >= 0.3 is 0 Å². The third kappa shape index (κ3) is 5.70. The number of hydrogen-bond donors (Lipinski definition) is 1. The van der Waals surface area contributed by atoms with Gasteiger partial charge in [0.25, 0.3) is 10.2 Å². The Kier molecular flexibility index (Phi) is 7.94. The molecule has 0 bridgehead atoms. The summed E-state index contributed by atoms with van der Waals surface area (Å²) in [6.07, 6.45) is 1.45. The molecule has 0 unspecified atom stereocenters. The Labute approximate surface area is 161 Å². The van der Waals surface area contributed by atoms with Crippen molar-refractivity contribution in [1.29, 1.82) is 0 Å². The topological polar surface area (TPSA) is 69.7 Å². The number of carbonyl (C=O) groups excluding carboxylic acids is 1. The van der Waals surface area contributed by atoms with Gasteiger partial charge in [-0.2, -0.15) is 28.8 Å². The lowest BCUT2D eigenvalue weighted by atomic mass is 9.99. The Hall–Kier alpha value is -1.09. The molecule has 6 nitrogen and oxygen atoms in total. The van der Waals surface area contributed by atoms with E-state index in [0.29, 0.717) is 19.5 Å². The van der Waals surface area contributed by atoms with Crippen LogP contribution in [-0.2, 0) is 20.8 Å². The van der Waals surface area contributed by atoms with Crippen LogP contribution in [0.15, 0.2) is 24.3 Å². The normalized spacial score (nSPS) is 18.8. The highest BCUT2D eigenvalue weighted by Gasteiger charge is 2.33. The lowest BCUT2D eigenvalue weighted by Gasteiger charge is -2.32. The Morgan fingerprint density at radius 1 is 1.35 bits per heavy atom. The van der Waals surface area contributed by atoms with E-state index < -0.39 is 10.2 Å². The van der Waals surface area contributed by atoms with Crippen molar-refractivity contribution in [2.45, 2.75) is 25.5 Å². The van der Waals surface area contributed by atoms with Gasteiger partial charge in [-0.05, 0) is 30.9 Å². The Balaban J connectivity index is 1.73. The molecule has 2 rings (SSSR count). The van der Waals surface area contributed by atoms with Crippen molar-refractivity contribution in [3.05, 3.63) is 35.4 Å². The van der Waals surface area contributed by atoms with Crippen molar-refractivity contribution in [1.82, 2.24) is 13.9 Å². The van der Waals surface area contributed by atoms with Gasteiger partial charge in [0.15, 0.2) is 0 Å². The molecule has 8 heteroatoms. The molecule has 1 saturated heterocycles. The molecular weight excluding hydrogens is 370 g/mol. The number of carbonyl (C=O) groups is 1. The summed E-state index contributed by atoms with van der Waals surface area (Å²) in [5, 5.41) is 2.96. The molecule has 1 N–H and O–H groups in total. The standard InChI is InChI=1S/C18H29N3O3S2/c1-15-7-4-5-8-17(15)14-25-12-10-19-18(22)16-9-6-11-21(13-16)26(23,24)20(2)3/h4-5,7-8,16H,6,9-14H2,1-3H3,(H,19,22)/t16-/m0/s1. The SMILES string of the molecule is Cc1ccccc1CSCCNC(=O)[C@H]1CCCN(S(=O)(=O)N(C)C)C1. The van der Waals surface area contributed by atoms with Crippen LogP contribution in [0.1, 0.15) is 24.0 Å². The molecule has 26 heavy (non-hydrogen) atoms. The molecule has 1 aliphatic heterocycles. The molecule has 1 amide bonds. The maximum atomic E-state index is 12.4. The Morgan fingerprint density at radius 2 is 2.08 bits per heavy atom. The van der Waals surface area contributed by atoms with Gasteiger partial charge in [-0.25, -0.2) is 0 Å². The van der Waals surface area contributed by atoms with E-state index in [-0.39, 0.29) is 18.4 Å². The van der Waals surface area contributed by atoms with E-state index in [0.717, 1.165) is 17.9 Å². The van der Waals surface area contributed by atoms with E-state index in [9.17, 15) is 13.2 Å². The predicted octanol–water partition coefficient (Wildman–Crippen LogP) is 1.86. The summed E-state index contributed by atoms with van der Waals surface area (Å²) in [4.78, 5) is 12.4. The van der Waals surface area contributed by atoms with Crippen LogP contribution in [0.25, 0.3) is 0 Å². The molecule has 1 fully saturated rings. The molecule has 0 radical (unpaired) electrons. The maximum absolute atomic E-state index is 12.4. The van der Waals surface area contributed by atoms with Crippen LogP contribution in [0.3, 0.4) is 0 Å².